The van der Waals surface area contributed by atoms with Gasteiger partial charge in [-0.05, 0) is 6.92 Å². The molecule has 0 rings (SSSR count). The molecule has 0 saturated carbocycles. The van der Waals surface area contributed by atoms with Crippen LogP contribution in [0.1, 0.15) is 6.92 Å². The lowest BCUT2D eigenvalue weighted by Gasteiger charge is -1.99. The Balaban J connectivity index is 3.31. The van der Waals surface area contributed by atoms with Gasteiger partial charge in [-0.3, -0.25) is 8.74 Å². The third kappa shape index (κ3) is 7.39. The normalized spacial score (nSPS) is 13.2. The van der Waals surface area contributed by atoms with Crippen LogP contribution in [0.5, 0.6) is 0 Å². The van der Waals surface area contributed by atoms with E-state index in [2.05, 4.69) is 8.92 Å². The maximum absolute atomic E-state index is 10.6. The summed E-state index contributed by atoms with van der Waals surface area (Å²) < 4.78 is 26.8. The van der Waals surface area contributed by atoms with Crippen LogP contribution in [-0.2, 0) is 25.1 Å². The molecule has 0 aromatic rings. The van der Waals surface area contributed by atoms with E-state index in [0.29, 0.717) is 0 Å². The van der Waals surface area contributed by atoms with Crippen molar-refractivity contribution in [2.75, 3.05) is 13.2 Å². The van der Waals surface area contributed by atoms with Crippen molar-refractivity contribution in [3.05, 3.63) is 12.2 Å². The summed E-state index contributed by atoms with van der Waals surface area (Å²) in [6.07, 6.45) is 2.78. The average Bonchev–Trinajstić information content (AvgIpc) is 1.98. The third-order valence-electron chi connectivity index (χ3n) is 0.815. The van der Waals surface area contributed by atoms with Crippen LogP contribution in [0.25, 0.3) is 0 Å². The molecule has 0 saturated heterocycles. The minimum absolute atomic E-state index is 0.0323. The van der Waals surface area contributed by atoms with Gasteiger partial charge in [0.15, 0.2) is 0 Å². The van der Waals surface area contributed by atoms with E-state index in [1.54, 1.807) is 6.92 Å². The molecule has 0 fully saturated rings. The first-order valence-corrected chi connectivity index (χ1v) is 4.23. The van der Waals surface area contributed by atoms with Crippen LogP contribution in [0.3, 0.4) is 0 Å². The Hall–Kier alpha value is -0.720. The second-order valence-corrected chi connectivity index (χ2v) is 2.38. The third-order valence-corrected chi connectivity index (χ3v) is 1.18. The summed E-state index contributed by atoms with van der Waals surface area (Å²) in [6, 6.07) is 0. The molecule has 0 aliphatic carbocycles. The Labute approximate surface area is 72.8 Å². The molecule has 1 atom stereocenters. The van der Waals surface area contributed by atoms with Gasteiger partial charge < -0.3 is 4.74 Å². The molecule has 0 spiro atoms. The lowest BCUT2D eigenvalue weighted by molar-refractivity contribution is -0.138. The Bertz CT molecular complexity index is 188. The first kappa shape index (κ1) is 11.3. The molecule has 0 heterocycles. The Kier molecular flexibility index (Phi) is 6.54. The molecule has 0 aliphatic rings. The van der Waals surface area contributed by atoms with Crippen LogP contribution in [0, 0.1) is 0 Å². The van der Waals surface area contributed by atoms with Crippen LogP contribution < -0.4 is 0 Å². The smallest absolute Gasteiger partial charge is 0.330 e. The monoisotopic (exact) mass is 194 g/mol. The van der Waals surface area contributed by atoms with Crippen molar-refractivity contribution in [3.8, 4) is 0 Å². The Morgan fingerprint density at radius 3 is 2.75 bits per heavy atom. The molecule has 0 radical (unpaired) electrons. The van der Waals surface area contributed by atoms with Gasteiger partial charge in [-0.1, -0.05) is 6.08 Å². The van der Waals surface area contributed by atoms with E-state index >= 15 is 0 Å². The molecular weight excluding hydrogens is 184 g/mol. The van der Waals surface area contributed by atoms with Crippen LogP contribution in [-0.4, -0.2) is 27.9 Å². The largest absolute Gasteiger partial charge is 0.460 e. The topological polar surface area (TPSA) is 72.8 Å². The average molecular weight is 194 g/mol. The van der Waals surface area contributed by atoms with Gasteiger partial charge in [-0.15, -0.1) is 0 Å². The highest BCUT2D eigenvalue weighted by Crippen LogP contribution is 1.84. The predicted octanol–water partition coefficient (Wildman–Crippen LogP) is 0.259. The fraction of sp³-hybridized carbons (Fsp3) is 0.500. The molecule has 0 aromatic heterocycles. The van der Waals surface area contributed by atoms with Crippen molar-refractivity contribution >= 4 is 17.3 Å². The van der Waals surface area contributed by atoms with E-state index in [1.165, 1.54) is 12.2 Å². The van der Waals surface area contributed by atoms with Gasteiger partial charge in [0.25, 0.3) is 0 Å². The first-order valence-electron chi connectivity index (χ1n) is 3.20. The summed E-state index contributed by atoms with van der Waals surface area (Å²) in [5, 5.41) is 0. The maximum atomic E-state index is 10.6. The second kappa shape index (κ2) is 6.96. The molecule has 1 unspecified atom stereocenters. The van der Waals surface area contributed by atoms with Gasteiger partial charge in [0, 0.05) is 6.08 Å². The lowest BCUT2D eigenvalue weighted by atomic mass is 10.5. The highest BCUT2D eigenvalue weighted by molar-refractivity contribution is 7.74. The fourth-order valence-corrected chi connectivity index (χ4v) is 0.642. The quantitative estimate of drug-likeness (QED) is 0.294. The van der Waals surface area contributed by atoms with Gasteiger partial charge in [0.2, 0.25) is 0 Å². The molecule has 6 heteroatoms. The number of carbonyl (C=O) groups excluding carboxylic acids is 1. The van der Waals surface area contributed by atoms with Crippen molar-refractivity contribution < 1.29 is 22.5 Å². The van der Waals surface area contributed by atoms with Gasteiger partial charge in [0.1, 0.15) is 13.2 Å². The molecule has 0 amide bonds. The van der Waals surface area contributed by atoms with Crippen LogP contribution in [0.4, 0.5) is 0 Å². The number of hydrogen-bond acceptors (Lipinski definition) is 4. The Morgan fingerprint density at radius 2 is 2.25 bits per heavy atom. The summed E-state index contributed by atoms with van der Waals surface area (Å²) in [7, 11) is 0. The number of allylic oxidation sites excluding steroid dienone is 1. The highest BCUT2D eigenvalue weighted by atomic mass is 32.2. The van der Waals surface area contributed by atoms with E-state index in [4.69, 9.17) is 4.55 Å². The molecular formula is C6H10O5S. The molecule has 70 valence electrons. The number of esters is 1. The van der Waals surface area contributed by atoms with Gasteiger partial charge in [-0.25, -0.2) is 4.79 Å². The molecule has 12 heavy (non-hydrogen) atoms. The van der Waals surface area contributed by atoms with Crippen molar-refractivity contribution in [2.24, 2.45) is 0 Å². The lowest BCUT2D eigenvalue weighted by Crippen LogP contribution is -2.09. The van der Waals surface area contributed by atoms with Crippen LogP contribution in [0.2, 0.25) is 0 Å². The van der Waals surface area contributed by atoms with Crippen LogP contribution >= 0.6 is 0 Å². The number of carbonyl (C=O) groups is 1. The Morgan fingerprint density at radius 1 is 1.58 bits per heavy atom. The molecule has 0 bridgehead atoms. The fourth-order valence-electron chi connectivity index (χ4n) is 0.432. The summed E-state index contributed by atoms with van der Waals surface area (Å²) in [5.74, 6) is -0.496. The van der Waals surface area contributed by atoms with Crippen LogP contribution in [0.15, 0.2) is 12.2 Å². The number of hydrogen-bond donors (Lipinski definition) is 1. The summed E-state index contributed by atoms with van der Waals surface area (Å²) >= 11 is -2.29. The number of rotatable bonds is 5. The van der Waals surface area contributed by atoms with Gasteiger partial charge >= 0.3 is 17.3 Å². The van der Waals surface area contributed by atoms with Gasteiger partial charge in [0.05, 0.1) is 0 Å². The minimum Gasteiger partial charge on any atom is -0.460 e. The van der Waals surface area contributed by atoms with E-state index in [9.17, 15) is 9.00 Å². The summed E-state index contributed by atoms with van der Waals surface area (Å²) in [5.41, 5.74) is 0. The summed E-state index contributed by atoms with van der Waals surface area (Å²) in [4.78, 5) is 10.6. The standard InChI is InChI=1S/C6H10O5S/c1-2-3-6(7)10-4-5-11-12(8)9/h2-3H,4-5H2,1H3,(H,8,9)/b3-2+. The van der Waals surface area contributed by atoms with Crippen molar-refractivity contribution in [3.63, 3.8) is 0 Å². The zero-order chi connectivity index (χ0) is 9.40. The highest BCUT2D eigenvalue weighted by Gasteiger charge is 1.97. The minimum atomic E-state index is -2.29. The SMILES string of the molecule is C/C=C/C(=O)OCCOS(=O)O. The second-order valence-electron chi connectivity index (χ2n) is 1.71. The maximum Gasteiger partial charge on any atom is 0.330 e. The zero-order valence-electron chi connectivity index (χ0n) is 6.56. The number of ether oxygens (including phenoxy) is 1. The first-order chi connectivity index (χ1) is 5.66. The van der Waals surface area contributed by atoms with Gasteiger partial charge in [-0.2, -0.15) is 4.21 Å². The molecule has 5 nitrogen and oxygen atoms in total. The van der Waals surface area contributed by atoms with Crippen molar-refractivity contribution in [1.82, 2.24) is 0 Å². The van der Waals surface area contributed by atoms with E-state index in [-0.39, 0.29) is 13.2 Å². The summed E-state index contributed by atoms with van der Waals surface area (Å²) in [6.45, 7) is 1.56. The molecule has 1 N–H and O–H groups in total. The molecule has 0 aromatic carbocycles. The van der Waals surface area contributed by atoms with E-state index < -0.39 is 17.3 Å². The zero-order valence-corrected chi connectivity index (χ0v) is 7.37. The predicted molar refractivity (Wildman–Crippen MR) is 42.5 cm³/mol. The van der Waals surface area contributed by atoms with E-state index in [0.717, 1.165) is 0 Å². The molecule has 0 aliphatic heterocycles. The van der Waals surface area contributed by atoms with Crippen molar-refractivity contribution in [2.45, 2.75) is 6.92 Å². The van der Waals surface area contributed by atoms with E-state index in [1.807, 2.05) is 0 Å². The van der Waals surface area contributed by atoms with Crippen molar-refractivity contribution in [1.29, 1.82) is 0 Å².